The molecule has 1 aliphatic heterocycles. The Hall–Kier alpha value is -3.26. The Morgan fingerprint density at radius 1 is 1.12 bits per heavy atom. The van der Waals surface area contributed by atoms with Gasteiger partial charge in [-0.15, -0.1) is 0 Å². The van der Waals surface area contributed by atoms with Crippen LogP contribution in [-0.4, -0.2) is 25.6 Å². The quantitative estimate of drug-likeness (QED) is 0.624. The summed E-state index contributed by atoms with van der Waals surface area (Å²) in [7, 11) is 0. The first-order chi connectivity index (χ1) is 11.8. The van der Waals surface area contributed by atoms with Gasteiger partial charge in [-0.1, -0.05) is 18.2 Å². The van der Waals surface area contributed by atoms with Gasteiger partial charge in [0.1, 0.15) is 25.0 Å². The molecule has 0 N–H and O–H groups in total. The number of hydrogen-bond donors (Lipinski definition) is 0. The van der Waals surface area contributed by atoms with Gasteiger partial charge in [0.15, 0.2) is 23.9 Å². The molecule has 0 aliphatic carbocycles. The number of fused-ring (bicyclic) bond motifs is 1. The lowest BCUT2D eigenvalue weighted by molar-refractivity contribution is 0.104. The summed E-state index contributed by atoms with van der Waals surface area (Å²) in [5, 5.41) is 8.47. The smallest absolute Gasteiger partial charge is 0.185 e. The lowest BCUT2D eigenvalue weighted by Crippen LogP contribution is -2.15. The fraction of sp³-hybridized carbons (Fsp3) is 0.158. The lowest BCUT2D eigenvalue weighted by atomic mass is 10.1. The second-order valence-electron chi connectivity index (χ2n) is 5.07. The molecular weight excluding hydrogens is 306 g/mol. The van der Waals surface area contributed by atoms with E-state index in [0.717, 1.165) is 5.56 Å². The molecule has 5 nitrogen and oxygen atoms in total. The number of allylic oxidation sites excluding steroid dienone is 1. The average Bonchev–Trinajstić information content (AvgIpc) is 2.65. The van der Waals surface area contributed by atoms with Gasteiger partial charge < -0.3 is 14.2 Å². The summed E-state index contributed by atoms with van der Waals surface area (Å²) < 4.78 is 16.1. The highest BCUT2D eigenvalue weighted by molar-refractivity contribution is 6.07. The maximum absolute atomic E-state index is 12.3. The van der Waals surface area contributed by atoms with Gasteiger partial charge in [0.2, 0.25) is 0 Å². The molecule has 0 amide bonds. The minimum absolute atomic E-state index is 0.0117. The van der Waals surface area contributed by atoms with Crippen molar-refractivity contribution < 1.29 is 19.0 Å². The highest BCUT2D eigenvalue weighted by atomic mass is 16.6. The second kappa shape index (κ2) is 7.34. The number of ketones is 1. The number of ether oxygens (including phenoxy) is 3. The van der Waals surface area contributed by atoms with Crippen LogP contribution >= 0.6 is 0 Å². The van der Waals surface area contributed by atoms with Crippen LogP contribution in [0, 0.1) is 11.3 Å². The number of carbonyl (C=O) groups is 1. The lowest BCUT2D eigenvalue weighted by Gasteiger charge is -2.18. The summed E-state index contributed by atoms with van der Waals surface area (Å²) in [5.41, 5.74) is 1.41. The Balaban J connectivity index is 1.68. The summed E-state index contributed by atoms with van der Waals surface area (Å²) in [4.78, 5) is 12.3. The summed E-state index contributed by atoms with van der Waals surface area (Å²) >= 11 is 0. The van der Waals surface area contributed by atoms with Crippen LogP contribution in [-0.2, 0) is 0 Å². The van der Waals surface area contributed by atoms with E-state index in [4.69, 9.17) is 19.5 Å². The third kappa shape index (κ3) is 3.73. The first kappa shape index (κ1) is 15.6. The molecule has 24 heavy (non-hydrogen) atoms. The molecule has 0 spiro atoms. The first-order valence-electron chi connectivity index (χ1n) is 7.48. The van der Waals surface area contributed by atoms with Crippen molar-refractivity contribution in [3.05, 3.63) is 59.7 Å². The van der Waals surface area contributed by atoms with Crippen molar-refractivity contribution in [2.45, 2.75) is 0 Å². The van der Waals surface area contributed by atoms with Crippen LogP contribution < -0.4 is 14.2 Å². The maximum Gasteiger partial charge on any atom is 0.185 e. The first-order valence-corrected chi connectivity index (χ1v) is 7.48. The Labute approximate surface area is 139 Å². The number of nitriles is 1. The standard InChI is InChI=1S/C19H15NO4/c20-9-10-22-16-5-1-14(2-6-16)3-7-17(21)15-4-8-18-19(13-15)24-12-11-23-18/h1-8,13H,10-12H2/b7-3+. The molecule has 0 bridgehead atoms. The molecule has 0 radical (unpaired) electrons. The van der Waals surface area contributed by atoms with Crippen molar-refractivity contribution in [2.24, 2.45) is 0 Å². The zero-order valence-corrected chi connectivity index (χ0v) is 12.9. The van der Waals surface area contributed by atoms with Gasteiger partial charge in [0, 0.05) is 5.56 Å². The van der Waals surface area contributed by atoms with E-state index in [0.29, 0.717) is 36.0 Å². The zero-order chi connectivity index (χ0) is 16.8. The zero-order valence-electron chi connectivity index (χ0n) is 12.9. The van der Waals surface area contributed by atoms with Gasteiger partial charge in [0.25, 0.3) is 0 Å². The number of carbonyl (C=O) groups excluding carboxylic acids is 1. The van der Waals surface area contributed by atoms with Crippen LogP contribution in [0.1, 0.15) is 15.9 Å². The number of nitrogens with zero attached hydrogens (tertiary/aromatic N) is 1. The molecule has 1 aliphatic rings. The van der Waals surface area contributed by atoms with E-state index < -0.39 is 0 Å². The molecule has 0 atom stereocenters. The monoisotopic (exact) mass is 321 g/mol. The Morgan fingerprint density at radius 2 is 1.88 bits per heavy atom. The van der Waals surface area contributed by atoms with Crippen molar-refractivity contribution in [3.8, 4) is 23.3 Å². The largest absolute Gasteiger partial charge is 0.486 e. The Bertz CT molecular complexity index is 803. The second-order valence-corrected chi connectivity index (χ2v) is 5.07. The average molecular weight is 321 g/mol. The van der Waals surface area contributed by atoms with E-state index in [9.17, 15) is 4.79 Å². The molecule has 120 valence electrons. The third-order valence-corrected chi connectivity index (χ3v) is 3.44. The Morgan fingerprint density at radius 3 is 2.62 bits per heavy atom. The predicted octanol–water partition coefficient (Wildman–Crippen LogP) is 3.26. The van der Waals surface area contributed by atoms with E-state index in [1.54, 1.807) is 36.4 Å². The van der Waals surface area contributed by atoms with E-state index in [-0.39, 0.29) is 12.4 Å². The van der Waals surface area contributed by atoms with Crippen LogP contribution in [0.5, 0.6) is 17.2 Å². The predicted molar refractivity (Wildman–Crippen MR) is 88.3 cm³/mol. The van der Waals surface area contributed by atoms with E-state index in [1.165, 1.54) is 6.08 Å². The SMILES string of the molecule is N#CCOc1ccc(/C=C/C(=O)c2ccc3c(c2)OCCO3)cc1. The molecule has 1 heterocycles. The van der Waals surface area contributed by atoms with Gasteiger partial charge >= 0.3 is 0 Å². The van der Waals surface area contributed by atoms with E-state index >= 15 is 0 Å². The highest BCUT2D eigenvalue weighted by Crippen LogP contribution is 2.31. The summed E-state index contributed by atoms with van der Waals surface area (Å²) in [6, 6.07) is 14.2. The van der Waals surface area contributed by atoms with Gasteiger partial charge in [-0.05, 0) is 42.0 Å². The van der Waals surface area contributed by atoms with Crippen LogP contribution in [0.2, 0.25) is 0 Å². The van der Waals surface area contributed by atoms with Gasteiger partial charge in [0.05, 0.1) is 0 Å². The maximum atomic E-state index is 12.3. The highest BCUT2D eigenvalue weighted by Gasteiger charge is 2.13. The van der Waals surface area contributed by atoms with Crippen molar-refractivity contribution in [2.75, 3.05) is 19.8 Å². The Kier molecular flexibility index (Phi) is 4.78. The molecule has 0 unspecified atom stereocenters. The molecule has 0 fully saturated rings. The molecule has 2 aromatic carbocycles. The van der Waals surface area contributed by atoms with E-state index in [1.807, 2.05) is 18.2 Å². The van der Waals surface area contributed by atoms with Crippen molar-refractivity contribution >= 4 is 11.9 Å². The van der Waals surface area contributed by atoms with Crippen LogP contribution in [0.15, 0.2) is 48.5 Å². The molecule has 5 heteroatoms. The molecule has 3 rings (SSSR count). The van der Waals surface area contributed by atoms with Crippen LogP contribution in [0.4, 0.5) is 0 Å². The van der Waals surface area contributed by atoms with E-state index in [2.05, 4.69) is 0 Å². The van der Waals surface area contributed by atoms with Crippen LogP contribution in [0.25, 0.3) is 6.08 Å². The fourth-order valence-corrected chi connectivity index (χ4v) is 2.26. The van der Waals surface area contributed by atoms with Crippen molar-refractivity contribution in [3.63, 3.8) is 0 Å². The van der Waals surface area contributed by atoms with Gasteiger partial charge in [-0.3, -0.25) is 4.79 Å². The molecular formula is C19H15NO4. The molecule has 0 aromatic heterocycles. The molecule has 2 aromatic rings. The summed E-state index contributed by atoms with van der Waals surface area (Å²) in [5.74, 6) is 1.76. The minimum atomic E-state index is -0.114. The van der Waals surface area contributed by atoms with Crippen molar-refractivity contribution in [1.82, 2.24) is 0 Å². The minimum Gasteiger partial charge on any atom is -0.486 e. The van der Waals surface area contributed by atoms with Crippen molar-refractivity contribution in [1.29, 1.82) is 5.26 Å². The number of hydrogen-bond acceptors (Lipinski definition) is 5. The third-order valence-electron chi connectivity index (χ3n) is 3.44. The molecule has 0 saturated carbocycles. The topological polar surface area (TPSA) is 68.5 Å². The molecule has 0 saturated heterocycles. The number of rotatable bonds is 5. The van der Waals surface area contributed by atoms with Gasteiger partial charge in [-0.2, -0.15) is 5.26 Å². The van der Waals surface area contributed by atoms with Crippen LogP contribution in [0.3, 0.4) is 0 Å². The normalized spacial score (nSPS) is 12.6. The van der Waals surface area contributed by atoms with Gasteiger partial charge in [-0.25, -0.2) is 0 Å². The fourth-order valence-electron chi connectivity index (χ4n) is 2.26. The summed E-state index contributed by atoms with van der Waals surface area (Å²) in [6.07, 6.45) is 3.24. The summed E-state index contributed by atoms with van der Waals surface area (Å²) in [6.45, 7) is 1.02. The number of benzene rings is 2.